The van der Waals surface area contributed by atoms with Crippen LogP contribution < -0.4 is 20.1 Å². The Bertz CT molecular complexity index is 1920. The number of ether oxygens (including phenoxy) is 2. The van der Waals surface area contributed by atoms with Crippen molar-refractivity contribution in [1.29, 1.82) is 0 Å². The lowest BCUT2D eigenvalue weighted by atomic mass is 9.95. The predicted molar refractivity (Wildman–Crippen MR) is 160 cm³/mol. The number of phenols is 1. The monoisotopic (exact) mass is 618 g/mol. The number of terminal acetylenes is 1. The number of carbonyl (C=O) groups is 1. The van der Waals surface area contributed by atoms with Gasteiger partial charge in [-0.05, 0) is 43.0 Å². The standard InChI is InChI=1S/C32H29F3N6O4/c1-2-20-22(34)5-4-17-12-19(42)13-21(24(17)20)27-26(35)28-25-29(40(9-6-23(36)43)10-11-44-30(25)37-27)39-31(38-28)45-16-32-7-3-8-41(32)15-18(33)14-32/h1,4-5,12-13,18,42H,3,6-11,14-16H2,(H2,36,43)/t18-,32+/m1/s1. The van der Waals surface area contributed by atoms with E-state index >= 15 is 4.39 Å². The Morgan fingerprint density at radius 2 is 2.07 bits per heavy atom. The van der Waals surface area contributed by atoms with Gasteiger partial charge >= 0.3 is 6.01 Å². The summed E-state index contributed by atoms with van der Waals surface area (Å²) in [7, 11) is 0. The highest BCUT2D eigenvalue weighted by molar-refractivity contribution is 6.04. The summed E-state index contributed by atoms with van der Waals surface area (Å²) in [4.78, 5) is 29.0. The van der Waals surface area contributed by atoms with Gasteiger partial charge in [-0.15, -0.1) is 6.42 Å². The molecule has 232 valence electrons. The summed E-state index contributed by atoms with van der Waals surface area (Å²) in [5.41, 5.74) is 4.35. The van der Waals surface area contributed by atoms with Crippen molar-refractivity contribution in [2.45, 2.75) is 37.4 Å². The topological polar surface area (TPSA) is 127 Å². The van der Waals surface area contributed by atoms with Crippen LogP contribution in [-0.2, 0) is 4.79 Å². The largest absolute Gasteiger partial charge is 0.508 e. The number of hydrogen-bond donors (Lipinski definition) is 2. The predicted octanol–water partition coefficient (Wildman–Crippen LogP) is 3.84. The highest BCUT2D eigenvalue weighted by atomic mass is 19.1. The van der Waals surface area contributed by atoms with Crippen molar-refractivity contribution in [3.8, 4) is 41.2 Å². The van der Waals surface area contributed by atoms with Crippen LogP contribution in [0.4, 0.5) is 19.0 Å². The van der Waals surface area contributed by atoms with E-state index < -0.39 is 29.3 Å². The van der Waals surface area contributed by atoms with Crippen molar-refractivity contribution >= 4 is 33.4 Å². The number of aromatic hydroxyl groups is 1. The summed E-state index contributed by atoms with van der Waals surface area (Å²) < 4.78 is 58.1. The van der Waals surface area contributed by atoms with E-state index in [-0.39, 0.29) is 89.3 Å². The molecule has 2 fully saturated rings. The number of amides is 1. The molecule has 2 atom stereocenters. The number of nitrogens with two attached hydrogens (primary N) is 1. The van der Waals surface area contributed by atoms with E-state index in [1.807, 2.05) is 0 Å². The number of nitrogens with zero attached hydrogens (tertiary/aromatic N) is 5. The smallest absolute Gasteiger partial charge is 0.319 e. The summed E-state index contributed by atoms with van der Waals surface area (Å²) in [6, 6.07) is 5.10. The number of benzene rings is 2. The Kier molecular flexibility index (Phi) is 7.04. The van der Waals surface area contributed by atoms with Crippen molar-refractivity contribution in [1.82, 2.24) is 19.9 Å². The molecule has 3 aliphatic heterocycles. The Hall–Kier alpha value is -4.83. The van der Waals surface area contributed by atoms with Crippen LogP contribution >= 0.6 is 0 Å². The Balaban J connectivity index is 1.42. The van der Waals surface area contributed by atoms with Crippen LogP contribution in [0.25, 0.3) is 32.9 Å². The van der Waals surface area contributed by atoms with Gasteiger partial charge in [0.2, 0.25) is 11.8 Å². The molecule has 13 heteroatoms. The third kappa shape index (κ3) is 4.89. The fourth-order valence-corrected chi connectivity index (χ4v) is 6.90. The van der Waals surface area contributed by atoms with E-state index in [2.05, 4.69) is 25.8 Å². The molecule has 0 radical (unpaired) electrons. The van der Waals surface area contributed by atoms with Crippen LogP contribution in [0.3, 0.4) is 0 Å². The second-order valence-electron chi connectivity index (χ2n) is 11.7. The normalized spacial score (nSPS) is 21.0. The zero-order valence-electron chi connectivity index (χ0n) is 24.2. The lowest BCUT2D eigenvalue weighted by Gasteiger charge is -2.31. The minimum absolute atomic E-state index is 0.00329. The molecule has 3 aliphatic rings. The third-order valence-electron chi connectivity index (χ3n) is 8.92. The van der Waals surface area contributed by atoms with Gasteiger partial charge in [-0.1, -0.05) is 12.0 Å². The van der Waals surface area contributed by atoms with Gasteiger partial charge in [-0.2, -0.15) is 9.97 Å². The molecule has 2 saturated heterocycles. The summed E-state index contributed by atoms with van der Waals surface area (Å²) in [6.07, 6.45) is 6.65. The van der Waals surface area contributed by atoms with Gasteiger partial charge in [0.25, 0.3) is 0 Å². The maximum Gasteiger partial charge on any atom is 0.319 e. The van der Waals surface area contributed by atoms with Crippen molar-refractivity contribution in [3.05, 3.63) is 41.5 Å². The van der Waals surface area contributed by atoms with E-state index in [1.54, 1.807) is 4.90 Å². The number of phenolic OH excluding ortho intramolecular Hbond substituents is 1. The maximum absolute atomic E-state index is 16.8. The van der Waals surface area contributed by atoms with Gasteiger partial charge in [0, 0.05) is 36.9 Å². The Morgan fingerprint density at radius 1 is 1.22 bits per heavy atom. The summed E-state index contributed by atoms with van der Waals surface area (Å²) in [5.74, 6) is 0.204. The molecule has 2 aromatic heterocycles. The van der Waals surface area contributed by atoms with Gasteiger partial charge in [0.1, 0.15) is 53.4 Å². The van der Waals surface area contributed by atoms with E-state index in [9.17, 15) is 18.7 Å². The van der Waals surface area contributed by atoms with E-state index in [4.69, 9.17) is 21.6 Å². The van der Waals surface area contributed by atoms with Crippen LogP contribution in [0.1, 0.15) is 31.2 Å². The first-order chi connectivity index (χ1) is 21.7. The molecular weight excluding hydrogens is 589 g/mol. The number of rotatable bonds is 7. The van der Waals surface area contributed by atoms with Crippen molar-refractivity contribution < 1.29 is 32.5 Å². The number of alkyl halides is 1. The first-order valence-corrected chi connectivity index (χ1v) is 14.7. The molecule has 4 aromatic rings. The molecule has 5 heterocycles. The Morgan fingerprint density at radius 3 is 2.87 bits per heavy atom. The van der Waals surface area contributed by atoms with Gasteiger partial charge in [-0.3, -0.25) is 9.69 Å². The maximum atomic E-state index is 16.8. The number of halogens is 3. The zero-order valence-corrected chi connectivity index (χ0v) is 24.2. The average molecular weight is 619 g/mol. The fourth-order valence-electron chi connectivity index (χ4n) is 6.90. The second kappa shape index (κ2) is 11.0. The molecular formula is C32H29F3N6O4. The quantitative estimate of drug-likeness (QED) is 0.297. The highest BCUT2D eigenvalue weighted by Crippen LogP contribution is 2.44. The molecule has 0 spiro atoms. The molecule has 0 unspecified atom stereocenters. The molecule has 0 saturated carbocycles. The molecule has 7 rings (SSSR count). The lowest BCUT2D eigenvalue weighted by molar-refractivity contribution is -0.117. The van der Waals surface area contributed by atoms with Crippen LogP contribution in [0.2, 0.25) is 0 Å². The molecule has 0 bridgehead atoms. The van der Waals surface area contributed by atoms with Crippen LogP contribution in [-0.4, -0.2) is 82.0 Å². The molecule has 3 N–H and O–H groups in total. The summed E-state index contributed by atoms with van der Waals surface area (Å²) >= 11 is 0. The fraction of sp³-hybridized carbons (Fsp3) is 0.375. The first kappa shape index (κ1) is 28.9. The number of primary amides is 1. The molecule has 45 heavy (non-hydrogen) atoms. The van der Waals surface area contributed by atoms with E-state index in [0.717, 1.165) is 19.4 Å². The Labute approximate surface area is 256 Å². The van der Waals surface area contributed by atoms with Crippen LogP contribution in [0.5, 0.6) is 17.6 Å². The number of pyridine rings is 1. The number of carbonyl (C=O) groups excluding carboxylic acids is 1. The molecule has 0 aliphatic carbocycles. The van der Waals surface area contributed by atoms with Crippen molar-refractivity contribution in [2.75, 3.05) is 44.3 Å². The van der Waals surface area contributed by atoms with Gasteiger partial charge in [0.05, 0.1) is 17.6 Å². The van der Waals surface area contributed by atoms with E-state index in [0.29, 0.717) is 18.4 Å². The summed E-state index contributed by atoms with van der Waals surface area (Å²) in [5, 5.41) is 11.2. The van der Waals surface area contributed by atoms with Gasteiger partial charge in [-0.25, -0.2) is 18.2 Å². The number of hydrogen-bond acceptors (Lipinski definition) is 9. The minimum Gasteiger partial charge on any atom is -0.508 e. The number of aromatic nitrogens is 3. The molecule has 1 amide bonds. The molecule has 2 aromatic carbocycles. The van der Waals surface area contributed by atoms with E-state index in [1.165, 1.54) is 24.3 Å². The van der Waals surface area contributed by atoms with Crippen LogP contribution in [0.15, 0.2) is 24.3 Å². The number of anilines is 1. The SMILES string of the molecule is C#Cc1c(F)ccc2cc(O)cc(-c3nc4c5c(nc(OC[C@@]67CCCN6C[C@H](F)C7)nc5c3F)N(CCC(N)=O)CCO4)c12. The van der Waals surface area contributed by atoms with Gasteiger partial charge in [0.15, 0.2) is 5.82 Å². The number of fused-ring (bicyclic) bond motifs is 2. The van der Waals surface area contributed by atoms with Crippen molar-refractivity contribution in [3.63, 3.8) is 0 Å². The average Bonchev–Trinajstić information content (AvgIpc) is 3.47. The second-order valence-corrected chi connectivity index (χ2v) is 11.7. The minimum atomic E-state index is -0.971. The van der Waals surface area contributed by atoms with Gasteiger partial charge < -0.3 is 25.2 Å². The highest BCUT2D eigenvalue weighted by Gasteiger charge is 2.49. The van der Waals surface area contributed by atoms with Crippen LogP contribution in [0, 0.1) is 24.0 Å². The lowest BCUT2D eigenvalue weighted by Crippen LogP contribution is -2.43. The summed E-state index contributed by atoms with van der Waals surface area (Å²) in [6.45, 7) is 1.71. The zero-order chi connectivity index (χ0) is 31.5. The third-order valence-corrected chi connectivity index (χ3v) is 8.92. The molecule has 10 nitrogen and oxygen atoms in total. The first-order valence-electron chi connectivity index (χ1n) is 14.7. The van der Waals surface area contributed by atoms with Crippen molar-refractivity contribution in [2.24, 2.45) is 5.73 Å².